The summed E-state index contributed by atoms with van der Waals surface area (Å²) in [5.74, 6) is -0.677. The van der Waals surface area contributed by atoms with E-state index in [2.05, 4.69) is 26.3 Å². The number of non-ortho nitro benzene ring substituents is 1. The van der Waals surface area contributed by atoms with Gasteiger partial charge in [0.1, 0.15) is 6.54 Å². The number of nitro groups is 1. The predicted molar refractivity (Wildman–Crippen MR) is 117 cm³/mol. The lowest BCUT2D eigenvalue weighted by atomic mass is 10.2. The minimum atomic E-state index is -4.67. The largest absolute Gasteiger partial charge is 0.436 e. The second-order valence-corrected chi connectivity index (χ2v) is 8.78. The van der Waals surface area contributed by atoms with E-state index in [1.54, 1.807) is 6.07 Å². The molecule has 1 aromatic heterocycles. The maximum absolute atomic E-state index is 13.0. The Morgan fingerprint density at radius 3 is 2.41 bits per heavy atom. The summed E-state index contributed by atoms with van der Waals surface area (Å²) in [6.45, 7) is 2.83. The molecule has 0 aliphatic rings. The fourth-order valence-corrected chi connectivity index (χ4v) is 4.18. The van der Waals surface area contributed by atoms with Crippen molar-refractivity contribution >= 4 is 45.0 Å². The molecule has 0 atom stereocenters. The van der Waals surface area contributed by atoms with Crippen LogP contribution < -0.4 is 5.32 Å². The fourth-order valence-electron chi connectivity index (χ4n) is 2.76. The number of nitrogens with zero attached hydrogens (tertiary/aromatic N) is 3. The average Bonchev–Trinajstić information content (AvgIpc) is 2.98. The maximum atomic E-state index is 13.0. The second-order valence-electron chi connectivity index (χ2n) is 6.84. The number of carbonyl (C=O) groups excluding carboxylic acids is 1. The van der Waals surface area contributed by atoms with Crippen molar-refractivity contribution in [1.29, 1.82) is 0 Å². The predicted octanol–water partition coefficient (Wildman–Crippen LogP) is 5.98. The fraction of sp³-hybridized carbons (Fsp3) is 0.200. The Morgan fingerprint density at radius 2 is 1.84 bits per heavy atom. The topological polar surface area (TPSA) is 90.1 Å². The number of hydrogen-bond donors (Lipinski definition) is 1. The highest BCUT2D eigenvalue weighted by Crippen LogP contribution is 2.36. The molecule has 0 fully saturated rings. The van der Waals surface area contributed by atoms with Gasteiger partial charge >= 0.3 is 6.18 Å². The van der Waals surface area contributed by atoms with Crippen LogP contribution in [0.25, 0.3) is 0 Å². The number of carbonyl (C=O) groups is 1. The summed E-state index contributed by atoms with van der Waals surface area (Å²) in [7, 11) is 0. The highest BCUT2D eigenvalue weighted by atomic mass is 79.9. The van der Waals surface area contributed by atoms with Gasteiger partial charge in [0.15, 0.2) is 5.69 Å². The molecule has 0 aliphatic heterocycles. The number of nitro benzene ring substituents is 1. The van der Waals surface area contributed by atoms with Crippen LogP contribution in [-0.2, 0) is 17.5 Å². The molecular formula is C20H16BrF3N4O3S. The lowest BCUT2D eigenvalue weighted by Gasteiger charge is -2.09. The van der Waals surface area contributed by atoms with Crippen molar-refractivity contribution in [3.05, 3.63) is 74.0 Å². The molecule has 0 bridgehead atoms. The molecule has 1 N–H and O–H groups in total. The highest BCUT2D eigenvalue weighted by molar-refractivity contribution is 9.10. The summed E-state index contributed by atoms with van der Waals surface area (Å²) < 4.78 is 39.7. The van der Waals surface area contributed by atoms with E-state index < -0.39 is 29.2 Å². The van der Waals surface area contributed by atoms with Crippen molar-refractivity contribution < 1.29 is 22.9 Å². The van der Waals surface area contributed by atoms with Crippen molar-refractivity contribution in [1.82, 2.24) is 9.78 Å². The number of hydrogen-bond acceptors (Lipinski definition) is 5. The summed E-state index contributed by atoms with van der Waals surface area (Å²) in [4.78, 5) is 24.6. The van der Waals surface area contributed by atoms with Crippen LogP contribution in [0, 0.1) is 24.0 Å². The first-order valence-electron chi connectivity index (χ1n) is 9.08. The Kier molecular flexibility index (Phi) is 6.94. The zero-order valence-corrected chi connectivity index (χ0v) is 19.1. The van der Waals surface area contributed by atoms with E-state index in [0.29, 0.717) is 4.90 Å². The van der Waals surface area contributed by atoms with Gasteiger partial charge in [-0.05, 0) is 48.0 Å². The minimum absolute atomic E-state index is 0.127. The number of aromatic nitrogens is 2. The van der Waals surface area contributed by atoms with Gasteiger partial charge in [-0.2, -0.15) is 18.3 Å². The lowest BCUT2D eigenvalue weighted by molar-refractivity contribution is -0.385. The van der Waals surface area contributed by atoms with Gasteiger partial charge in [0.05, 0.1) is 15.1 Å². The van der Waals surface area contributed by atoms with Crippen LogP contribution in [0.5, 0.6) is 0 Å². The summed E-state index contributed by atoms with van der Waals surface area (Å²) >= 11 is 4.13. The molecule has 2 aromatic carbocycles. The van der Waals surface area contributed by atoms with Crippen LogP contribution in [0.15, 0.2) is 56.7 Å². The highest BCUT2D eigenvalue weighted by Gasteiger charge is 2.38. The molecule has 0 spiro atoms. The SMILES string of the molecule is Cc1ccc(Sc2cc(NC(=O)Cn3nc(C(F)(F)F)c(Br)c3C)cc([N+](=O)[O-])c2)cc1. The van der Waals surface area contributed by atoms with E-state index in [4.69, 9.17) is 0 Å². The first-order valence-corrected chi connectivity index (χ1v) is 10.7. The van der Waals surface area contributed by atoms with Crippen molar-refractivity contribution in [3.63, 3.8) is 0 Å². The smallest absolute Gasteiger partial charge is 0.324 e. The molecule has 32 heavy (non-hydrogen) atoms. The average molecular weight is 529 g/mol. The van der Waals surface area contributed by atoms with Crippen LogP contribution in [0.3, 0.4) is 0 Å². The zero-order chi connectivity index (χ0) is 23.6. The van der Waals surface area contributed by atoms with Gasteiger partial charge in [-0.1, -0.05) is 29.5 Å². The molecule has 0 radical (unpaired) electrons. The third kappa shape index (κ3) is 5.68. The Bertz CT molecular complexity index is 1180. The quantitative estimate of drug-likeness (QED) is 0.314. The van der Waals surface area contributed by atoms with Crippen LogP contribution in [0.1, 0.15) is 17.0 Å². The van der Waals surface area contributed by atoms with Crippen molar-refractivity contribution in [3.8, 4) is 0 Å². The summed E-state index contributed by atoms with van der Waals surface area (Å²) in [5.41, 5.74) is -0.0128. The monoisotopic (exact) mass is 528 g/mol. The Hall–Kier alpha value is -2.86. The summed E-state index contributed by atoms with van der Waals surface area (Å²) in [6, 6.07) is 11.7. The number of rotatable bonds is 6. The normalized spacial score (nSPS) is 11.4. The standard InChI is InChI=1S/C20H16BrF3N4O3S/c1-11-3-5-15(6-4-11)32-16-8-13(7-14(9-16)28(30)31)25-17(29)10-27-12(2)18(21)19(26-27)20(22,23)24/h3-9H,10H2,1-2H3,(H,25,29). The Labute approximate surface area is 193 Å². The van der Waals surface area contributed by atoms with Gasteiger partial charge in [-0.3, -0.25) is 19.6 Å². The van der Waals surface area contributed by atoms with Crippen molar-refractivity contribution in [2.75, 3.05) is 5.32 Å². The van der Waals surface area contributed by atoms with Gasteiger partial charge in [0.25, 0.3) is 5.69 Å². The molecule has 1 heterocycles. The molecule has 3 rings (SSSR count). The van der Waals surface area contributed by atoms with Crippen LogP contribution in [-0.4, -0.2) is 20.6 Å². The van der Waals surface area contributed by atoms with Gasteiger partial charge in [-0.25, -0.2) is 0 Å². The number of amides is 1. The van der Waals surface area contributed by atoms with Gasteiger partial charge < -0.3 is 5.32 Å². The Morgan fingerprint density at radius 1 is 1.19 bits per heavy atom. The number of aryl methyl sites for hydroxylation is 1. The number of benzene rings is 2. The van der Waals surface area contributed by atoms with Crippen LogP contribution in [0.4, 0.5) is 24.5 Å². The van der Waals surface area contributed by atoms with Crippen molar-refractivity contribution in [2.45, 2.75) is 36.4 Å². The minimum Gasteiger partial charge on any atom is -0.324 e. The first kappa shape index (κ1) is 23.8. The van der Waals surface area contributed by atoms with Crippen LogP contribution in [0.2, 0.25) is 0 Å². The lowest BCUT2D eigenvalue weighted by Crippen LogP contribution is -2.21. The zero-order valence-electron chi connectivity index (χ0n) is 16.7. The third-order valence-electron chi connectivity index (χ3n) is 4.34. The van der Waals surface area contributed by atoms with E-state index in [0.717, 1.165) is 15.1 Å². The molecule has 168 valence electrons. The number of halogens is 4. The summed E-state index contributed by atoms with van der Waals surface area (Å²) in [6.07, 6.45) is -4.67. The summed E-state index contributed by atoms with van der Waals surface area (Å²) in [5, 5.41) is 17.3. The van der Waals surface area contributed by atoms with Gasteiger partial charge in [0.2, 0.25) is 5.91 Å². The third-order valence-corrected chi connectivity index (χ3v) is 6.27. The molecule has 0 saturated heterocycles. The molecule has 0 unspecified atom stereocenters. The van der Waals surface area contributed by atoms with E-state index in [1.165, 1.54) is 30.8 Å². The molecule has 12 heteroatoms. The number of nitrogens with one attached hydrogen (secondary N) is 1. The molecule has 0 saturated carbocycles. The molecule has 7 nitrogen and oxygen atoms in total. The van der Waals surface area contributed by atoms with Crippen LogP contribution >= 0.6 is 27.7 Å². The van der Waals surface area contributed by atoms with E-state index in [9.17, 15) is 28.1 Å². The number of alkyl halides is 3. The molecular weight excluding hydrogens is 513 g/mol. The Balaban J connectivity index is 1.82. The van der Waals surface area contributed by atoms with Gasteiger partial charge in [0, 0.05) is 27.6 Å². The van der Waals surface area contributed by atoms with E-state index in [-0.39, 0.29) is 21.5 Å². The maximum Gasteiger partial charge on any atom is 0.436 e. The van der Waals surface area contributed by atoms with E-state index in [1.807, 2.05) is 31.2 Å². The first-order chi connectivity index (χ1) is 14.9. The van der Waals surface area contributed by atoms with Gasteiger partial charge in [-0.15, -0.1) is 0 Å². The molecule has 0 aliphatic carbocycles. The van der Waals surface area contributed by atoms with Crippen molar-refractivity contribution in [2.24, 2.45) is 0 Å². The molecule has 3 aromatic rings. The van der Waals surface area contributed by atoms with E-state index >= 15 is 0 Å². The number of anilines is 1. The molecule has 1 amide bonds. The second kappa shape index (κ2) is 9.33.